The summed E-state index contributed by atoms with van der Waals surface area (Å²) in [5.41, 5.74) is 1.22. The van der Waals surface area contributed by atoms with Crippen molar-refractivity contribution in [3.05, 3.63) is 66.0 Å². The van der Waals surface area contributed by atoms with Crippen LogP contribution in [0.3, 0.4) is 0 Å². The molecule has 1 saturated carbocycles. The molecule has 1 aliphatic rings. The smallest absolute Gasteiger partial charge is 0.230 e. The minimum atomic E-state index is -0.754. The van der Waals surface area contributed by atoms with Crippen LogP contribution in [-0.2, 0) is 16.1 Å². The first-order chi connectivity index (χ1) is 12.2. The van der Waals surface area contributed by atoms with Crippen LogP contribution in [0.5, 0.6) is 0 Å². The van der Waals surface area contributed by atoms with Crippen molar-refractivity contribution in [3.63, 3.8) is 0 Å². The SMILES string of the molecule is O=C(CSCc1ccccn1)NC1CCC(O)(c2ccccc2)CC1. The molecule has 132 valence electrons. The first kappa shape index (κ1) is 18.0. The van der Waals surface area contributed by atoms with Gasteiger partial charge in [-0.3, -0.25) is 9.78 Å². The van der Waals surface area contributed by atoms with Crippen LogP contribution in [0.25, 0.3) is 0 Å². The standard InChI is InChI=1S/C20H24N2O2S/c23-19(15-25-14-18-8-4-5-13-21-18)22-17-9-11-20(24,12-10-17)16-6-2-1-3-7-16/h1-8,13,17,24H,9-12,14-15H2,(H,22,23). The third-order valence-electron chi connectivity index (χ3n) is 4.70. The zero-order chi connectivity index (χ0) is 17.5. The van der Waals surface area contributed by atoms with Crippen LogP contribution in [0.1, 0.15) is 36.9 Å². The predicted octanol–water partition coefficient (Wildman–Crippen LogP) is 3.26. The summed E-state index contributed by atoms with van der Waals surface area (Å²) < 4.78 is 0. The van der Waals surface area contributed by atoms with Gasteiger partial charge in [-0.2, -0.15) is 0 Å². The number of hydrogen-bond donors (Lipinski definition) is 2. The number of carbonyl (C=O) groups excluding carboxylic acids is 1. The Morgan fingerprint density at radius 2 is 1.88 bits per heavy atom. The van der Waals surface area contributed by atoms with E-state index < -0.39 is 5.60 Å². The van der Waals surface area contributed by atoms with E-state index in [2.05, 4.69) is 10.3 Å². The molecule has 4 nitrogen and oxygen atoms in total. The second-order valence-corrected chi connectivity index (χ2v) is 7.54. The molecule has 0 aliphatic heterocycles. The molecule has 1 aromatic carbocycles. The Morgan fingerprint density at radius 3 is 2.56 bits per heavy atom. The molecule has 5 heteroatoms. The third-order valence-corrected chi connectivity index (χ3v) is 5.66. The van der Waals surface area contributed by atoms with Crippen molar-refractivity contribution in [2.24, 2.45) is 0 Å². The maximum Gasteiger partial charge on any atom is 0.230 e. The van der Waals surface area contributed by atoms with Gasteiger partial charge in [0, 0.05) is 18.0 Å². The molecule has 1 heterocycles. The summed E-state index contributed by atoms with van der Waals surface area (Å²) in [4.78, 5) is 16.4. The Labute approximate surface area is 153 Å². The summed E-state index contributed by atoms with van der Waals surface area (Å²) in [6, 6.07) is 15.8. The molecule has 0 atom stereocenters. The Morgan fingerprint density at radius 1 is 1.16 bits per heavy atom. The summed E-state index contributed by atoms with van der Waals surface area (Å²) in [6.07, 6.45) is 4.75. The number of nitrogens with zero attached hydrogens (tertiary/aromatic N) is 1. The van der Waals surface area contributed by atoms with E-state index in [4.69, 9.17) is 0 Å². The van der Waals surface area contributed by atoms with Crippen LogP contribution in [0.15, 0.2) is 54.7 Å². The van der Waals surface area contributed by atoms with Gasteiger partial charge in [0.25, 0.3) is 0 Å². The summed E-state index contributed by atoms with van der Waals surface area (Å²) in [5, 5.41) is 13.9. The second-order valence-electron chi connectivity index (χ2n) is 6.55. The largest absolute Gasteiger partial charge is 0.385 e. The van der Waals surface area contributed by atoms with E-state index in [0.717, 1.165) is 29.9 Å². The molecule has 3 rings (SSSR count). The molecule has 25 heavy (non-hydrogen) atoms. The lowest BCUT2D eigenvalue weighted by Crippen LogP contribution is -2.42. The quantitative estimate of drug-likeness (QED) is 0.834. The van der Waals surface area contributed by atoms with E-state index in [0.29, 0.717) is 18.6 Å². The lowest BCUT2D eigenvalue weighted by molar-refractivity contribution is -0.120. The molecule has 1 amide bonds. The van der Waals surface area contributed by atoms with Crippen LogP contribution in [0.4, 0.5) is 0 Å². The van der Waals surface area contributed by atoms with Crippen molar-refractivity contribution in [2.45, 2.75) is 43.1 Å². The van der Waals surface area contributed by atoms with Gasteiger partial charge in [0.2, 0.25) is 5.91 Å². The normalized spacial score (nSPS) is 23.2. The van der Waals surface area contributed by atoms with E-state index in [1.54, 1.807) is 18.0 Å². The maximum absolute atomic E-state index is 12.1. The predicted molar refractivity (Wildman–Crippen MR) is 101 cm³/mol. The molecular formula is C20H24N2O2S. The minimum absolute atomic E-state index is 0.0658. The number of nitrogens with one attached hydrogen (secondary N) is 1. The topological polar surface area (TPSA) is 62.2 Å². The van der Waals surface area contributed by atoms with Gasteiger partial charge in [0.05, 0.1) is 17.0 Å². The Kier molecular flexibility index (Phi) is 6.10. The maximum atomic E-state index is 12.1. The van der Waals surface area contributed by atoms with E-state index in [1.807, 2.05) is 48.5 Å². The number of aliphatic hydroxyl groups is 1. The van der Waals surface area contributed by atoms with Crippen molar-refractivity contribution in [3.8, 4) is 0 Å². The monoisotopic (exact) mass is 356 g/mol. The molecule has 0 unspecified atom stereocenters. The Hall–Kier alpha value is -1.85. The van der Waals surface area contributed by atoms with Gasteiger partial charge in [-0.1, -0.05) is 36.4 Å². The first-order valence-corrected chi connectivity index (χ1v) is 9.86. The van der Waals surface area contributed by atoms with Gasteiger partial charge in [-0.15, -0.1) is 11.8 Å². The highest BCUT2D eigenvalue weighted by atomic mass is 32.2. The fourth-order valence-corrected chi connectivity index (χ4v) is 4.03. The van der Waals surface area contributed by atoms with E-state index >= 15 is 0 Å². The molecule has 1 aromatic heterocycles. The highest BCUT2D eigenvalue weighted by molar-refractivity contribution is 7.99. The minimum Gasteiger partial charge on any atom is -0.385 e. The third kappa shape index (κ3) is 5.06. The fraction of sp³-hybridized carbons (Fsp3) is 0.400. The van der Waals surface area contributed by atoms with Crippen LogP contribution in [0, 0.1) is 0 Å². The molecule has 0 saturated heterocycles. The van der Waals surface area contributed by atoms with Gasteiger partial charge in [0.1, 0.15) is 0 Å². The number of aromatic nitrogens is 1. The number of rotatable bonds is 6. The number of benzene rings is 1. The number of carbonyl (C=O) groups is 1. The average Bonchev–Trinajstić information content (AvgIpc) is 2.65. The first-order valence-electron chi connectivity index (χ1n) is 8.71. The average molecular weight is 356 g/mol. The highest BCUT2D eigenvalue weighted by Gasteiger charge is 2.34. The summed E-state index contributed by atoms with van der Waals surface area (Å²) in [7, 11) is 0. The molecular weight excluding hydrogens is 332 g/mol. The lowest BCUT2D eigenvalue weighted by atomic mass is 9.78. The lowest BCUT2D eigenvalue weighted by Gasteiger charge is -2.36. The van der Waals surface area contributed by atoms with Gasteiger partial charge in [-0.05, 0) is 43.4 Å². The molecule has 1 aliphatic carbocycles. The van der Waals surface area contributed by atoms with Crippen molar-refractivity contribution >= 4 is 17.7 Å². The number of thioether (sulfide) groups is 1. The Bertz CT molecular complexity index is 671. The van der Waals surface area contributed by atoms with Crippen LogP contribution >= 0.6 is 11.8 Å². The van der Waals surface area contributed by atoms with Gasteiger partial charge in [0.15, 0.2) is 0 Å². The van der Waals surface area contributed by atoms with E-state index in [-0.39, 0.29) is 11.9 Å². The Balaban J connectivity index is 1.40. The molecule has 0 bridgehead atoms. The van der Waals surface area contributed by atoms with Crippen LogP contribution in [0.2, 0.25) is 0 Å². The summed E-state index contributed by atoms with van der Waals surface area (Å²) in [5.74, 6) is 1.25. The van der Waals surface area contributed by atoms with Crippen molar-refractivity contribution in [2.75, 3.05) is 5.75 Å². The number of hydrogen-bond acceptors (Lipinski definition) is 4. The van der Waals surface area contributed by atoms with Crippen molar-refractivity contribution < 1.29 is 9.90 Å². The zero-order valence-electron chi connectivity index (χ0n) is 14.2. The molecule has 1 fully saturated rings. The summed E-state index contributed by atoms with van der Waals surface area (Å²) in [6.45, 7) is 0. The fourth-order valence-electron chi connectivity index (χ4n) is 3.28. The van der Waals surface area contributed by atoms with Crippen LogP contribution in [-0.4, -0.2) is 27.8 Å². The van der Waals surface area contributed by atoms with Gasteiger partial charge >= 0.3 is 0 Å². The molecule has 0 spiro atoms. The molecule has 2 N–H and O–H groups in total. The van der Waals surface area contributed by atoms with Crippen LogP contribution < -0.4 is 5.32 Å². The zero-order valence-corrected chi connectivity index (χ0v) is 15.0. The summed E-state index contributed by atoms with van der Waals surface area (Å²) >= 11 is 1.58. The highest BCUT2D eigenvalue weighted by Crippen LogP contribution is 2.36. The van der Waals surface area contributed by atoms with Crippen molar-refractivity contribution in [1.82, 2.24) is 10.3 Å². The van der Waals surface area contributed by atoms with E-state index in [1.165, 1.54) is 0 Å². The second kappa shape index (κ2) is 8.50. The van der Waals surface area contributed by atoms with Gasteiger partial charge in [-0.25, -0.2) is 0 Å². The van der Waals surface area contributed by atoms with Crippen molar-refractivity contribution in [1.29, 1.82) is 0 Å². The van der Waals surface area contributed by atoms with Gasteiger partial charge < -0.3 is 10.4 Å². The molecule has 0 radical (unpaired) electrons. The molecule has 2 aromatic rings. The number of amides is 1. The number of pyridine rings is 1. The van der Waals surface area contributed by atoms with E-state index in [9.17, 15) is 9.90 Å².